The van der Waals surface area contributed by atoms with E-state index in [1.165, 1.54) is 17.0 Å². The molecule has 2 atom stereocenters. The van der Waals surface area contributed by atoms with Gasteiger partial charge in [0.25, 0.3) is 5.91 Å². The van der Waals surface area contributed by atoms with E-state index in [-0.39, 0.29) is 17.8 Å². The van der Waals surface area contributed by atoms with Crippen LogP contribution in [0.15, 0.2) is 72.9 Å². The minimum Gasteiger partial charge on any atom is -0.368 e. The molecule has 0 spiro atoms. The van der Waals surface area contributed by atoms with Crippen molar-refractivity contribution in [1.29, 1.82) is 0 Å². The Morgan fingerprint density at radius 1 is 0.935 bits per heavy atom. The van der Waals surface area contributed by atoms with Crippen molar-refractivity contribution in [1.82, 2.24) is 25.0 Å². The highest BCUT2D eigenvalue weighted by atomic mass is 19.1. The summed E-state index contributed by atoms with van der Waals surface area (Å²) in [6, 6.07) is 18.3. The third-order valence-corrected chi connectivity index (χ3v) is 8.41. The number of aromatic nitrogens is 1. The van der Waals surface area contributed by atoms with Crippen LogP contribution in [0.4, 0.5) is 20.6 Å². The van der Waals surface area contributed by atoms with Crippen molar-refractivity contribution in [2.24, 2.45) is 0 Å². The monoisotopic (exact) mass is 627 g/mol. The van der Waals surface area contributed by atoms with Crippen LogP contribution >= 0.6 is 0 Å². The average Bonchev–Trinajstić information content (AvgIpc) is 3.47. The fourth-order valence-electron chi connectivity index (χ4n) is 5.91. The number of rotatable bonds is 9. The summed E-state index contributed by atoms with van der Waals surface area (Å²) in [4.78, 5) is 51.6. The summed E-state index contributed by atoms with van der Waals surface area (Å²) in [6.07, 6.45) is 1.88. The average molecular weight is 628 g/mol. The first kappa shape index (κ1) is 32.5. The zero-order chi connectivity index (χ0) is 33.0. The van der Waals surface area contributed by atoms with E-state index in [4.69, 9.17) is 0 Å². The Balaban J connectivity index is 1.41. The van der Waals surface area contributed by atoms with E-state index in [9.17, 15) is 18.8 Å². The normalized spacial score (nSPS) is 14.7. The number of anilines is 2. The van der Waals surface area contributed by atoms with Crippen molar-refractivity contribution in [3.8, 4) is 0 Å². The molecule has 1 fully saturated rings. The number of nitrogens with zero attached hydrogens (tertiary/aromatic N) is 4. The molecule has 5 rings (SSSR count). The number of para-hydroxylation sites is 1. The highest BCUT2D eigenvalue weighted by molar-refractivity contribution is 6.06. The van der Waals surface area contributed by atoms with Crippen LogP contribution < -0.4 is 15.5 Å². The number of hydrogen-bond donors (Lipinski definition) is 3. The Hall–Kier alpha value is -4.90. The largest absolute Gasteiger partial charge is 0.368 e. The van der Waals surface area contributed by atoms with E-state index in [1.807, 2.05) is 68.5 Å². The molecule has 242 valence electrons. The van der Waals surface area contributed by atoms with Gasteiger partial charge in [0.1, 0.15) is 11.9 Å². The van der Waals surface area contributed by atoms with Crippen molar-refractivity contribution < 1.29 is 18.8 Å². The molecule has 0 bridgehead atoms. The summed E-state index contributed by atoms with van der Waals surface area (Å²) in [7, 11) is 7.23. The smallest absolute Gasteiger partial charge is 0.318 e. The van der Waals surface area contributed by atoms with Crippen molar-refractivity contribution in [2.45, 2.75) is 25.4 Å². The first-order valence-corrected chi connectivity index (χ1v) is 15.4. The molecule has 3 aromatic carbocycles. The lowest BCUT2D eigenvalue weighted by Crippen LogP contribution is -2.56. The molecule has 4 amide bonds. The number of urea groups is 1. The van der Waals surface area contributed by atoms with Crippen molar-refractivity contribution in [3.63, 3.8) is 0 Å². The van der Waals surface area contributed by atoms with Crippen LogP contribution in [-0.2, 0) is 11.3 Å². The van der Waals surface area contributed by atoms with Gasteiger partial charge in [0, 0.05) is 75.5 Å². The van der Waals surface area contributed by atoms with Gasteiger partial charge >= 0.3 is 6.03 Å². The van der Waals surface area contributed by atoms with E-state index in [0.29, 0.717) is 44.0 Å². The minimum atomic E-state index is -0.957. The van der Waals surface area contributed by atoms with Crippen LogP contribution in [-0.4, -0.2) is 97.9 Å². The molecular weight excluding hydrogens is 585 g/mol. The van der Waals surface area contributed by atoms with Gasteiger partial charge in [0.2, 0.25) is 5.91 Å². The number of benzene rings is 3. The SMILES string of the molecule is C[C@H](c1c[nH]c2ccccc12)[C@@H](NC(=O)N1CCN(c2ccc(F)cc2)CC1)C(=O)Nc1cc(CN(C)C)ccc1C(=O)N(C)C. The maximum Gasteiger partial charge on any atom is 0.318 e. The fraction of sp³-hybridized carbons (Fsp3) is 0.343. The molecule has 4 aromatic rings. The summed E-state index contributed by atoms with van der Waals surface area (Å²) >= 11 is 0. The molecule has 0 radical (unpaired) electrons. The summed E-state index contributed by atoms with van der Waals surface area (Å²) in [6.45, 7) is 4.56. The molecule has 46 heavy (non-hydrogen) atoms. The number of amides is 4. The highest BCUT2D eigenvalue weighted by Crippen LogP contribution is 2.29. The van der Waals surface area contributed by atoms with Crippen molar-refractivity contribution in [3.05, 3.63) is 95.4 Å². The van der Waals surface area contributed by atoms with Crippen LogP contribution in [0.25, 0.3) is 10.9 Å². The van der Waals surface area contributed by atoms with Gasteiger partial charge in [0.05, 0.1) is 11.3 Å². The molecule has 0 aliphatic carbocycles. The maximum absolute atomic E-state index is 14.2. The van der Waals surface area contributed by atoms with Crippen molar-refractivity contribution >= 4 is 40.1 Å². The predicted molar refractivity (Wildman–Crippen MR) is 180 cm³/mol. The summed E-state index contributed by atoms with van der Waals surface area (Å²) in [5, 5.41) is 7.00. The molecule has 2 heterocycles. The topological polar surface area (TPSA) is 104 Å². The molecule has 0 unspecified atom stereocenters. The van der Waals surface area contributed by atoms with Gasteiger partial charge in [-0.15, -0.1) is 0 Å². The molecule has 10 nitrogen and oxygen atoms in total. The van der Waals surface area contributed by atoms with Gasteiger partial charge in [-0.1, -0.05) is 31.2 Å². The number of fused-ring (bicyclic) bond motifs is 1. The van der Waals surface area contributed by atoms with Crippen LogP contribution in [0.1, 0.15) is 34.3 Å². The minimum absolute atomic E-state index is 0.240. The van der Waals surface area contributed by atoms with Crippen LogP contribution in [0.2, 0.25) is 0 Å². The second kappa shape index (κ2) is 14.0. The standard InChI is InChI=1S/C35H42FN7O3/c1-23(29-21-37-30-9-7-6-8-27(29)30)32(39-35(46)43-18-16-42(17-19-43)26-13-11-25(36)12-14-26)33(44)38-31-20-24(22-40(2)3)10-15-28(31)34(45)41(4)5/h6-15,20-21,23,32,37H,16-19,22H2,1-5H3,(H,38,44)(H,39,46)/t23-,32-/m1/s1. The Labute approximate surface area is 269 Å². The number of halogens is 1. The first-order valence-electron chi connectivity index (χ1n) is 15.4. The van der Waals surface area contributed by atoms with Gasteiger partial charge in [0.15, 0.2) is 0 Å². The van der Waals surface area contributed by atoms with Crippen LogP contribution in [0.3, 0.4) is 0 Å². The Bertz CT molecular complexity index is 1690. The number of hydrogen-bond acceptors (Lipinski definition) is 5. The van der Waals surface area contributed by atoms with Gasteiger partial charge in [-0.05, 0) is 67.7 Å². The highest BCUT2D eigenvalue weighted by Gasteiger charge is 2.33. The van der Waals surface area contributed by atoms with Crippen LogP contribution in [0.5, 0.6) is 0 Å². The lowest BCUT2D eigenvalue weighted by Gasteiger charge is -2.37. The predicted octanol–water partition coefficient (Wildman–Crippen LogP) is 4.71. The molecule has 11 heteroatoms. The van der Waals surface area contributed by atoms with Gasteiger partial charge in [-0.3, -0.25) is 9.59 Å². The van der Waals surface area contributed by atoms with Crippen LogP contribution in [0, 0.1) is 5.82 Å². The zero-order valence-corrected chi connectivity index (χ0v) is 27.0. The van der Waals surface area contributed by atoms with E-state index < -0.39 is 17.9 Å². The Morgan fingerprint density at radius 2 is 1.63 bits per heavy atom. The first-order chi connectivity index (χ1) is 22.0. The van der Waals surface area contributed by atoms with Gasteiger partial charge < -0.3 is 35.2 Å². The van der Waals surface area contributed by atoms with E-state index in [0.717, 1.165) is 27.7 Å². The van der Waals surface area contributed by atoms with E-state index in [1.54, 1.807) is 37.2 Å². The number of nitrogens with one attached hydrogen (secondary N) is 3. The number of carbonyl (C=O) groups excluding carboxylic acids is 3. The molecule has 3 N–H and O–H groups in total. The maximum atomic E-state index is 14.2. The molecule has 1 saturated heterocycles. The number of piperazine rings is 1. The zero-order valence-electron chi connectivity index (χ0n) is 27.0. The number of aromatic amines is 1. The molecule has 0 saturated carbocycles. The summed E-state index contributed by atoms with van der Waals surface area (Å²) < 4.78 is 13.4. The molecular formula is C35H42FN7O3. The molecule has 1 aliphatic rings. The molecule has 1 aliphatic heterocycles. The van der Waals surface area contributed by atoms with Gasteiger partial charge in [-0.25, -0.2) is 9.18 Å². The summed E-state index contributed by atoms with van der Waals surface area (Å²) in [5.41, 5.74) is 4.40. The van der Waals surface area contributed by atoms with E-state index >= 15 is 0 Å². The second-order valence-corrected chi connectivity index (χ2v) is 12.3. The third-order valence-electron chi connectivity index (χ3n) is 8.41. The molecule has 1 aromatic heterocycles. The number of carbonyl (C=O) groups is 3. The van der Waals surface area contributed by atoms with Crippen molar-refractivity contribution in [2.75, 3.05) is 64.6 Å². The third kappa shape index (κ3) is 7.31. The van der Waals surface area contributed by atoms with Gasteiger partial charge in [-0.2, -0.15) is 0 Å². The summed E-state index contributed by atoms with van der Waals surface area (Å²) in [5.74, 6) is -1.38. The fourth-order valence-corrected chi connectivity index (χ4v) is 5.91. The lowest BCUT2D eigenvalue weighted by atomic mass is 9.92. The second-order valence-electron chi connectivity index (χ2n) is 12.3. The number of H-pyrrole nitrogens is 1. The lowest BCUT2D eigenvalue weighted by molar-refractivity contribution is -0.118. The Morgan fingerprint density at radius 3 is 2.30 bits per heavy atom. The quantitative estimate of drug-likeness (QED) is 0.249. The Kier molecular flexibility index (Phi) is 9.91. The van der Waals surface area contributed by atoms with E-state index in [2.05, 4.69) is 20.5 Å².